The molecule has 6 heteroatoms. The summed E-state index contributed by atoms with van der Waals surface area (Å²) in [4.78, 5) is 12.0. The average molecular weight is 358 g/mol. The summed E-state index contributed by atoms with van der Waals surface area (Å²) in [5, 5.41) is 11.4. The third kappa shape index (κ3) is 3.20. The topological polar surface area (TPSA) is 96.5 Å². The van der Waals surface area contributed by atoms with Crippen LogP contribution in [0.25, 0.3) is 10.9 Å². The van der Waals surface area contributed by atoms with Crippen molar-refractivity contribution in [3.05, 3.63) is 78.0 Å². The molecule has 0 bridgehead atoms. The van der Waals surface area contributed by atoms with Crippen LogP contribution in [0.5, 0.6) is 11.8 Å². The highest BCUT2D eigenvalue weighted by Gasteiger charge is 2.18. The highest BCUT2D eigenvalue weighted by Crippen LogP contribution is 2.32. The van der Waals surface area contributed by atoms with Gasteiger partial charge in [0.25, 0.3) is 0 Å². The summed E-state index contributed by atoms with van der Waals surface area (Å²) in [5.41, 5.74) is 10.0. The lowest BCUT2D eigenvalue weighted by Crippen LogP contribution is -2.03. The van der Waals surface area contributed by atoms with Gasteiger partial charge in [0.15, 0.2) is 5.88 Å². The first-order valence-electron chi connectivity index (χ1n) is 8.40. The number of fused-ring (bicyclic) bond motifs is 1. The van der Waals surface area contributed by atoms with Crippen molar-refractivity contribution in [1.82, 2.24) is 9.97 Å². The van der Waals surface area contributed by atoms with Gasteiger partial charge in [-0.25, -0.2) is 9.98 Å². The second kappa shape index (κ2) is 6.84. The van der Waals surface area contributed by atoms with Crippen molar-refractivity contribution in [1.29, 1.82) is 0 Å². The summed E-state index contributed by atoms with van der Waals surface area (Å²) in [6, 6.07) is 18.7. The number of aromatic amines is 1. The van der Waals surface area contributed by atoms with E-state index >= 15 is 0 Å². The normalized spacial score (nSPS) is 11.7. The molecule has 0 saturated carbocycles. The van der Waals surface area contributed by atoms with E-state index in [2.05, 4.69) is 9.97 Å². The van der Waals surface area contributed by atoms with Crippen LogP contribution in [-0.2, 0) is 0 Å². The van der Waals surface area contributed by atoms with E-state index in [0.717, 1.165) is 16.5 Å². The van der Waals surface area contributed by atoms with Gasteiger partial charge in [0.1, 0.15) is 0 Å². The molecule has 2 aromatic heterocycles. The van der Waals surface area contributed by atoms with Gasteiger partial charge in [-0.1, -0.05) is 30.3 Å². The first-order chi connectivity index (χ1) is 13.2. The Balaban J connectivity index is 1.94. The number of hydrogen-bond acceptors (Lipinski definition) is 5. The predicted octanol–water partition coefficient (Wildman–Crippen LogP) is 4.03. The molecule has 0 spiro atoms. The quantitative estimate of drug-likeness (QED) is 0.379. The molecule has 6 nitrogen and oxygen atoms in total. The minimum atomic E-state index is 0.0414. The number of nitrogens with zero attached hydrogens (tertiary/aromatic N) is 2. The van der Waals surface area contributed by atoms with Crippen LogP contribution in [0.15, 0.2) is 71.9 Å². The van der Waals surface area contributed by atoms with Crippen molar-refractivity contribution in [2.24, 2.45) is 4.99 Å². The van der Waals surface area contributed by atoms with E-state index in [0.29, 0.717) is 28.5 Å². The highest BCUT2D eigenvalue weighted by molar-refractivity contribution is 6.22. The fraction of sp³-hybridized carbons (Fsp3) is 0.0476. The number of anilines is 1. The molecular formula is C21H18N4O2. The number of methoxy groups -OCH3 is 1. The second-order valence-electron chi connectivity index (χ2n) is 6.04. The van der Waals surface area contributed by atoms with Crippen LogP contribution < -0.4 is 10.5 Å². The smallest absolute Gasteiger partial charge is 0.213 e. The number of nitrogens with two attached hydrogens (primary N) is 1. The van der Waals surface area contributed by atoms with Crippen LogP contribution in [0.1, 0.15) is 11.1 Å². The molecule has 0 aliphatic carbocycles. The lowest BCUT2D eigenvalue weighted by molar-refractivity contribution is 0.398. The molecule has 0 radical (unpaired) electrons. The van der Waals surface area contributed by atoms with Gasteiger partial charge < -0.3 is 20.6 Å². The van der Waals surface area contributed by atoms with Crippen LogP contribution in [0, 0.1) is 0 Å². The number of H-pyrrole nitrogens is 1. The Morgan fingerprint density at radius 2 is 1.93 bits per heavy atom. The van der Waals surface area contributed by atoms with Gasteiger partial charge in [0.05, 0.1) is 35.8 Å². The van der Waals surface area contributed by atoms with Gasteiger partial charge in [-0.3, -0.25) is 0 Å². The Labute approximate surface area is 156 Å². The Morgan fingerprint density at radius 3 is 2.63 bits per heavy atom. The number of ether oxygens (including phenoxy) is 1. The Hall–Kier alpha value is -3.80. The van der Waals surface area contributed by atoms with E-state index in [1.165, 1.54) is 0 Å². The standard InChI is InChI=1S/C21H18N4O2/c1-27-18-10-8-15(12-23-18)24-20(13-5-3-2-4-6-13)19-16-9-7-14(22)11-17(16)25-21(19)26/h2-12,25-26H,22H2,1H3. The van der Waals surface area contributed by atoms with Gasteiger partial charge >= 0.3 is 0 Å². The molecule has 2 heterocycles. The van der Waals surface area contributed by atoms with Crippen LogP contribution >= 0.6 is 0 Å². The van der Waals surface area contributed by atoms with E-state index in [9.17, 15) is 5.11 Å². The minimum Gasteiger partial charge on any atom is -0.494 e. The predicted molar refractivity (Wildman–Crippen MR) is 107 cm³/mol. The first kappa shape index (κ1) is 16.7. The molecule has 0 aliphatic heterocycles. The van der Waals surface area contributed by atoms with E-state index in [1.54, 1.807) is 31.5 Å². The lowest BCUT2D eigenvalue weighted by atomic mass is 10.0. The number of aromatic nitrogens is 2. The third-order valence-corrected chi connectivity index (χ3v) is 4.26. The zero-order chi connectivity index (χ0) is 18.8. The van der Waals surface area contributed by atoms with Crippen LogP contribution in [0.4, 0.5) is 11.4 Å². The van der Waals surface area contributed by atoms with Crippen LogP contribution in [-0.4, -0.2) is 27.9 Å². The maximum absolute atomic E-state index is 10.6. The monoisotopic (exact) mass is 358 g/mol. The maximum Gasteiger partial charge on any atom is 0.213 e. The largest absolute Gasteiger partial charge is 0.494 e. The van der Waals surface area contributed by atoms with Crippen LogP contribution in [0.3, 0.4) is 0 Å². The molecule has 0 atom stereocenters. The number of nitrogens with one attached hydrogen (secondary N) is 1. The van der Waals surface area contributed by atoms with Crippen molar-refractivity contribution in [3.63, 3.8) is 0 Å². The summed E-state index contributed by atoms with van der Waals surface area (Å²) in [6.45, 7) is 0. The number of aliphatic imine (C=N–C) groups is 1. The summed E-state index contributed by atoms with van der Waals surface area (Å²) in [6.07, 6.45) is 1.63. The number of aromatic hydroxyl groups is 1. The molecule has 0 saturated heterocycles. The molecular weight excluding hydrogens is 340 g/mol. The lowest BCUT2D eigenvalue weighted by Gasteiger charge is -2.08. The van der Waals surface area contributed by atoms with Gasteiger partial charge in [0, 0.05) is 22.7 Å². The van der Waals surface area contributed by atoms with E-state index < -0.39 is 0 Å². The van der Waals surface area contributed by atoms with Crippen molar-refractivity contribution < 1.29 is 9.84 Å². The Morgan fingerprint density at radius 1 is 1.11 bits per heavy atom. The Kier molecular flexibility index (Phi) is 4.22. The molecule has 4 rings (SSSR count). The molecule has 0 unspecified atom stereocenters. The number of benzene rings is 2. The fourth-order valence-corrected chi connectivity index (χ4v) is 2.99. The molecule has 0 fully saturated rings. The van der Waals surface area contributed by atoms with Gasteiger partial charge in [-0.05, 0) is 24.3 Å². The molecule has 4 aromatic rings. The van der Waals surface area contributed by atoms with Crippen molar-refractivity contribution >= 4 is 28.0 Å². The van der Waals surface area contributed by atoms with Gasteiger partial charge in [-0.15, -0.1) is 0 Å². The van der Waals surface area contributed by atoms with E-state index in [-0.39, 0.29) is 5.88 Å². The number of pyridine rings is 1. The maximum atomic E-state index is 10.6. The van der Waals surface area contributed by atoms with Crippen molar-refractivity contribution in [2.45, 2.75) is 0 Å². The summed E-state index contributed by atoms with van der Waals surface area (Å²) >= 11 is 0. The van der Waals surface area contributed by atoms with Gasteiger partial charge in [0.2, 0.25) is 5.88 Å². The molecule has 2 aromatic carbocycles. The van der Waals surface area contributed by atoms with E-state index in [4.69, 9.17) is 15.5 Å². The SMILES string of the molecule is COc1ccc(N=C(c2ccccc2)c2c(O)[nH]c3cc(N)ccc23)cn1. The number of nitrogen functional groups attached to an aromatic ring is 1. The van der Waals surface area contributed by atoms with Crippen LogP contribution in [0.2, 0.25) is 0 Å². The zero-order valence-corrected chi connectivity index (χ0v) is 14.7. The zero-order valence-electron chi connectivity index (χ0n) is 14.7. The molecule has 4 N–H and O–H groups in total. The second-order valence-corrected chi connectivity index (χ2v) is 6.04. The number of hydrogen-bond donors (Lipinski definition) is 3. The summed E-state index contributed by atoms with van der Waals surface area (Å²) in [5.74, 6) is 0.556. The van der Waals surface area contributed by atoms with Crippen molar-refractivity contribution in [3.8, 4) is 11.8 Å². The first-order valence-corrected chi connectivity index (χ1v) is 8.40. The molecule has 134 valence electrons. The molecule has 27 heavy (non-hydrogen) atoms. The highest BCUT2D eigenvalue weighted by atomic mass is 16.5. The fourth-order valence-electron chi connectivity index (χ4n) is 2.99. The molecule has 0 aliphatic rings. The minimum absolute atomic E-state index is 0.0414. The summed E-state index contributed by atoms with van der Waals surface area (Å²) in [7, 11) is 1.57. The van der Waals surface area contributed by atoms with E-state index in [1.807, 2.05) is 42.5 Å². The van der Waals surface area contributed by atoms with Gasteiger partial charge in [-0.2, -0.15) is 0 Å². The average Bonchev–Trinajstić information content (AvgIpc) is 3.02. The number of rotatable bonds is 4. The third-order valence-electron chi connectivity index (χ3n) is 4.26. The molecule has 0 amide bonds. The Bertz CT molecular complexity index is 1120. The van der Waals surface area contributed by atoms with Crippen molar-refractivity contribution in [2.75, 3.05) is 12.8 Å². The summed E-state index contributed by atoms with van der Waals surface area (Å²) < 4.78 is 5.10.